The minimum absolute atomic E-state index is 0.198. The predicted molar refractivity (Wildman–Crippen MR) is 125 cm³/mol. The molecule has 7 heteroatoms. The van der Waals surface area contributed by atoms with Crippen LogP contribution in [0.4, 0.5) is 5.95 Å². The third-order valence-corrected chi connectivity index (χ3v) is 5.98. The van der Waals surface area contributed by atoms with E-state index in [9.17, 15) is 9.59 Å². The van der Waals surface area contributed by atoms with Crippen LogP contribution in [-0.2, 0) is 20.7 Å². The molecule has 2 aromatic carbocycles. The van der Waals surface area contributed by atoms with Gasteiger partial charge in [-0.15, -0.1) is 0 Å². The number of esters is 1. The number of pyridine rings is 1. The molecule has 2 unspecified atom stereocenters. The second-order valence-electron chi connectivity index (χ2n) is 7.96. The Labute approximate surface area is 191 Å². The van der Waals surface area contributed by atoms with Gasteiger partial charge in [-0.05, 0) is 42.7 Å². The number of para-hydroxylation sites is 2. The normalized spacial score (nSPS) is 17.7. The molecule has 0 saturated heterocycles. The summed E-state index contributed by atoms with van der Waals surface area (Å²) in [6.07, 6.45) is 4.01. The molecule has 5 rings (SSSR count). The van der Waals surface area contributed by atoms with Gasteiger partial charge in [0.15, 0.2) is 5.92 Å². The van der Waals surface area contributed by atoms with Gasteiger partial charge < -0.3 is 9.30 Å². The highest BCUT2D eigenvalue weighted by Gasteiger charge is 2.47. The number of carbonyl (C=O) groups is 2. The molecule has 0 aliphatic carbocycles. The van der Waals surface area contributed by atoms with Gasteiger partial charge in [0.1, 0.15) is 0 Å². The van der Waals surface area contributed by atoms with Gasteiger partial charge in [0.05, 0.1) is 23.7 Å². The Morgan fingerprint density at radius 1 is 1.03 bits per heavy atom. The zero-order valence-corrected chi connectivity index (χ0v) is 18.3. The summed E-state index contributed by atoms with van der Waals surface area (Å²) in [6, 6.07) is 20.8. The van der Waals surface area contributed by atoms with Gasteiger partial charge in [-0.2, -0.15) is 0 Å². The number of imidazole rings is 1. The van der Waals surface area contributed by atoms with Crippen LogP contribution in [0.15, 0.2) is 79.1 Å². The lowest BCUT2D eigenvalue weighted by atomic mass is 9.90. The molecule has 1 amide bonds. The van der Waals surface area contributed by atoms with Crippen molar-refractivity contribution in [1.82, 2.24) is 14.5 Å². The van der Waals surface area contributed by atoms with E-state index in [1.807, 2.05) is 71.3 Å². The van der Waals surface area contributed by atoms with Gasteiger partial charge in [0, 0.05) is 18.9 Å². The molecule has 2 aromatic heterocycles. The molecular formula is C26H24N4O3. The van der Waals surface area contributed by atoms with E-state index >= 15 is 0 Å². The molecule has 1 aliphatic rings. The van der Waals surface area contributed by atoms with Crippen molar-refractivity contribution in [1.29, 1.82) is 0 Å². The zero-order chi connectivity index (χ0) is 22.8. The summed E-state index contributed by atoms with van der Waals surface area (Å²) < 4.78 is 7.36. The Kier molecular flexibility index (Phi) is 5.60. The van der Waals surface area contributed by atoms with Crippen LogP contribution in [-0.4, -0.2) is 39.6 Å². The molecule has 0 fully saturated rings. The SMILES string of the molecule is CCOC(=O)C1C(=O)N(CCc2ccccc2)c2nc3ccccc3n2C1c1cccnc1. The fraction of sp³-hybridized carbons (Fsp3) is 0.231. The highest BCUT2D eigenvalue weighted by Crippen LogP contribution is 2.41. The van der Waals surface area contributed by atoms with Crippen LogP contribution in [0, 0.1) is 5.92 Å². The number of hydrogen-bond donors (Lipinski definition) is 0. The van der Waals surface area contributed by atoms with Gasteiger partial charge in [-0.3, -0.25) is 19.5 Å². The first-order chi connectivity index (χ1) is 16.2. The summed E-state index contributed by atoms with van der Waals surface area (Å²) in [6.45, 7) is 2.35. The second kappa shape index (κ2) is 8.86. The van der Waals surface area contributed by atoms with Crippen molar-refractivity contribution < 1.29 is 14.3 Å². The lowest BCUT2D eigenvalue weighted by Gasteiger charge is -2.37. The van der Waals surface area contributed by atoms with Gasteiger partial charge in [0.2, 0.25) is 11.9 Å². The topological polar surface area (TPSA) is 77.3 Å². The lowest BCUT2D eigenvalue weighted by molar-refractivity contribution is -0.153. The maximum Gasteiger partial charge on any atom is 0.321 e. The minimum Gasteiger partial charge on any atom is -0.465 e. The minimum atomic E-state index is -1.03. The largest absolute Gasteiger partial charge is 0.465 e. The van der Waals surface area contributed by atoms with Crippen LogP contribution in [0.5, 0.6) is 0 Å². The number of benzene rings is 2. The highest BCUT2D eigenvalue weighted by atomic mass is 16.5. The van der Waals surface area contributed by atoms with E-state index in [-0.39, 0.29) is 12.5 Å². The Balaban J connectivity index is 1.67. The maximum absolute atomic E-state index is 13.8. The number of anilines is 1. The van der Waals surface area contributed by atoms with E-state index in [4.69, 9.17) is 9.72 Å². The Morgan fingerprint density at radius 2 is 1.82 bits per heavy atom. The van der Waals surface area contributed by atoms with Crippen molar-refractivity contribution in [3.63, 3.8) is 0 Å². The molecule has 3 heterocycles. The number of ether oxygens (including phenoxy) is 1. The molecule has 4 aromatic rings. The summed E-state index contributed by atoms with van der Waals surface area (Å²) >= 11 is 0. The highest BCUT2D eigenvalue weighted by molar-refractivity contribution is 6.08. The third kappa shape index (κ3) is 3.75. The Hall–Kier alpha value is -4.00. The van der Waals surface area contributed by atoms with Crippen LogP contribution >= 0.6 is 0 Å². The molecule has 7 nitrogen and oxygen atoms in total. The quantitative estimate of drug-likeness (QED) is 0.337. The number of nitrogens with zero attached hydrogens (tertiary/aromatic N) is 4. The summed E-state index contributed by atoms with van der Waals surface area (Å²) in [5, 5.41) is 0. The number of aromatic nitrogens is 3. The van der Waals surface area contributed by atoms with Crippen molar-refractivity contribution in [2.45, 2.75) is 19.4 Å². The lowest BCUT2D eigenvalue weighted by Crippen LogP contribution is -2.50. The van der Waals surface area contributed by atoms with Crippen molar-refractivity contribution in [3.05, 3.63) is 90.3 Å². The third-order valence-electron chi connectivity index (χ3n) is 5.98. The number of amides is 1. The average molecular weight is 441 g/mol. The molecule has 0 N–H and O–H groups in total. The van der Waals surface area contributed by atoms with Crippen molar-refractivity contribution in [3.8, 4) is 0 Å². The van der Waals surface area contributed by atoms with Crippen molar-refractivity contribution in [2.75, 3.05) is 18.1 Å². The summed E-state index contributed by atoms with van der Waals surface area (Å²) in [7, 11) is 0. The monoisotopic (exact) mass is 440 g/mol. The maximum atomic E-state index is 13.8. The van der Waals surface area contributed by atoms with E-state index in [2.05, 4.69) is 4.98 Å². The number of rotatable bonds is 6. The molecular weight excluding hydrogens is 416 g/mol. The van der Waals surface area contributed by atoms with Crippen LogP contribution in [0.2, 0.25) is 0 Å². The van der Waals surface area contributed by atoms with E-state index in [0.717, 1.165) is 22.2 Å². The van der Waals surface area contributed by atoms with Crippen molar-refractivity contribution >= 4 is 28.9 Å². The predicted octanol–water partition coefficient (Wildman–Crippen LogP) is 3.79. The van der Waals surface area contributed by atoms with Gasteiger partial charge in [0.25, 0.3) is 0 Å². The molecule has 0 radical (unpaired) electrons. The number of carbonyl (C=O) groups excluding carboxylic acids is 2. The smallest absolute Gasteiger partial charge is 0.321 e. The molecule has 0 saturated carbocycles. The molecule has 2 atom stereocenters. The van der Waals surface area contributed by atoms with Crippen LogP contribution < -0.4 is 4.90 Å². The van der Waals surface area contributed by atoms with Crippen LogP contribution in [0.25, 0.3) is 11.0 Å². The average Bonchev–Trinajstić information content (AvgIpc) is 3.23. The van der Waals surface area contributed by atoms with E-state index in [0.29, 0.717) is 18.9 Å². The van der Waals surface area contributed by atoms with Gasteiger partial charge in [-0.25, -0.2) is 4.98 Å². The fourth-order valence-corrected chi connectivity index (χ4v) is 4.50. The van der Waals surface area contributed by atoms with E-state index in [1.54, 1.807) is 24.2 Å². The van der Waals surface area contributed by atoms with E-state index in [1.165, 1.54) is 0 Å². The first-order valence-electron chi connectivity index (χ1n) is 11.1. The molecule has 1 aliphatic heterocycles. The first-order valence-corrected chi connectivity index (χ1v) is 11.1. The standard InChI is InChI=1S/C26H24N4O3/c1-2-33-25(32)22-23(19-11-8-15-27-17-19)30-21-13-7-6-12-20(21)28-26(30)29(24(22)31)16-14-18-9-4-3-5-10-18/h3-13,15,17,22-23H,2,14,16H2,1H3. The molecule has 0 spiro atoms. The Morgan fingerprint density at radius 3 is 2.58 bits per heavy atom. The van der Waals surface area contributed by atoms with E-state index < -0.39 is 17.9 Å². The van der Waals surface area contributed by atoms with Crippen molar-refractivity contribution in [2.24, 2.45) is 5.92 Å². The Bertz CT molecular complexity index is 1290. The van der Waals surface area contributed by atoms with Gasteiger partial charge >= 0.3 is 5.97 Å². The molecule has 0 bridgehead atoms. The molecule has 33 heavy (non-hydrogen) atoms. The summed E-state index contributed by atoms with van der Waals surface area (Å²) in [5.41, 5.74) is 3.49. The summed E-state index contributed by atoms with van der Waals surface area (Å²) in [4.78, 5) is 37.7. The first kappa shape index (κ1) is 20.9. The molecule has 166 valence electrons. The number of fused-ring (bicyclic) bond motifs is 3. The van der Waals surface area contributed by atoms with Crippen LogP contribution in [0.3, 0.4) is 0 Å². The van der Waals surface area contributed by atoms with Crippen LogP contribution in [0.1, 0.15) is 24.1 Å². The van der Waals surface area contributed by atoms with Gasteiger partial charge in [-0.1, -0.05) is 48.5 Å². The summed E-state index contributed by atoms with van der Waals surface area (Å²) in [5.74, 6) is -1.34. The fourth-order valence-electron chi connectivity index (χ4n) is 4.50. The second-order valence-corrected chi connectivity index (χ2v) is 7.96. The zero-order valence-electron chi connectivity index (χ0n) is 18.3. The number of hydrogen-bond acceptors (Lipinski definition) is 5.